The van der Waals surface area contributed by atoms with Gasteiger partial charge < -0.3 is 4.90 Å². The van der Waals surface area contributed by atoms with Gasteiger partial charge in [-0.2, -0.15) is 5.26 Å². The van der Waals surface area contributed by atoms with Gasteiger partial charge in [0.25, 0.3) is 11.6 Å². The molecule has 0 aromatic carbocycles. The van der Waals surface area contributed by atoms with Crippen molar-refractivity contribution in [1.29, 1.82) is 5.26 Å². The zero-order chi connectivity index (χ0) is 13.9. The van der Waals surface area contributed by atoms with Crippen LogP contribution < -0.4 is 0 Å². The molecule has 0 N–H and O–H groups in total. The van der Waals surface area contributed by atoms with Crippen molar-refractivity contribution >= 4 is 23.2 Å². The second kappa shape index (κ2) is 5.42. The number of aromatic nitrogens is 1. The van der Waals surface area contributed by atoms with Crippen molar-refractivity contribution < 1.29 is 9.72 Å². The molecule has 0 saturated carbocycles. The van der Waals surface area contributed by atoms with E-state index in [1.165, 1.54) is 14.0 Å². The lowest BCUT2D eigenvalue weighted by atomic mass is 10.2. The molecule has 1 atom stereocenters. The van der Waals surface area contributed by atoms with Crippen LogP contribution in [0.5, 0.6) is 0 Å². The van der Waals surface area contributed by atoms with Gasteiger partial charge in [-0.1, -0.05) is 11.6 Å². The summed E-state index contributed by atoms with van der Waals surface area (Å²) >= 11 is 5.72. The van der Waals surface area contributed by atoms with Gasteiger partial charge in [0, 0.05) is 13.1 Å². The number of nitro groups is 1. The largest absolute Gasteiger partial charge is 0.326 e. The van der Waals surface area contributed by atoms with Crippen LogP contribution in [0, 0.1) is 21.4 Å². The lowest BCUT2D eigenvalue weighted by Crippen LogP contribution is -2.34. The smallest absolute Gasteiger partial charge is 0.288 e. The van der Waals surface area contributed by atoms with Crippen LogP contribution in [0.3, 0.4) is 0 Å². The Kier molecular flexibility index (Phi) is 4.18. The first-order chi connectivity index (χ1) is 8.38. The maximum atomic E-state index is 12.0. The molecule has 8 heteroatoms. The third-order valence-electron chi connectivity index (χ3n) is 2.35. The van der Waals surface area contributed by atoms with Crippen molar-refractivity contribution in [2.75, 3.05) is 7.05 Å². The fraction of sp³-hybridized carbons (Fsp3) is 0.300. The number of halogens is 1. The van der Waals surface area contributed by atoms with E-state index < -0.39 is 16.9 Å². The molecule has 1 aromatic heterocycles. The maximum absolute atomic E-state index is 12.0. The highest BCUT2D eigenvalue weighted by Crippen LogP contribution is 2.20. The van der Waals surface area contributed by atoms with E-state index in [0.717, 1.165) is 17.2 Å². The van der Waals surface area contributed by atoms with Crippen LogP contribution >= 0.6 is 11.6 Å². The molecule has 0 aliphatic heterocycles. The van der Waals surface area contributed by atoms with Crippen molar-refractivity contribution in [1.82, 2.24) is 9.88 Å². The van der Waals surface area contributed by atoms with Gasteiger partial charge >= 0.3 is 0 Å². The van der Waals surface area contributed by atoms with Gasteiger partial charge in [-0.15, -0.1) is 0 Å². The van der Waals surface area contributed by atoms with Crippen LogP contribution in [0.25, 0.3) is 0 Å². The van der Waals surface area contributed by atoms with Crippen LogP contribution in [0.2, 0.25) is 5.15 Å². The highest BCUT2D eigenvalue weighted by atomic mass is 35.5. The molecule has 1 aromatic rings. The number of carbonyl (C=O) groups is 1. The number of rotatable bonds is 3. The maximum Gasteiger partial charge on any atom is 0.288 e. The van der Waals surface area contributed by atoms with E-state index in [0.29, 0.717) is 0 Å². The first-order valence-electron chi connectivity index (χ1n) is 4.85. The Morgan fingerprint density at radius 1 is 1.72 bits per heavy atom. The SMILES string of the molecule is CC(C#N)N(C)C(=O)c1cc([N+](=O)[O-])cnc1Cl. The van der Waals surface area contributed by atoms with Gasteiger partial charge in [0.15, 0.2) is 0 Å². The molecule has 0 aliphatic carbocycles. The van der Waals surface area contributed by atoms with Crippen molar-refractivity contribution in [3.8, 4) is 6.07 Å². The van der Waals surface area contributed by atoms with E-state index in [9.17, 15) is 14.9 Å². The Hall–Kier alpha value is -2.20. The van der Waals surface area contributed by atoms with Crippen LogP contribution in [0.4, 0.5) is 5.69 Å². The summed E-state index contributed by atoms with van der Waals surface area (Å²) in [5.74, 6) is -0.592. The molecule has 0 radical (unpaired) electrons. The number of pyridine rings is 1. The van der Waals surface area contributed by atoms with E-state index in [1.54, 1.807) is 0 Å². The molecule has 0 bridgehead atoms. The molecule has 1 amide bonds. The molecule has 0 fully saturated rings. The molecule has 1 unspecified atom stereocenters. The predicted octanol–water partition coefficient (Wildman–Crippen LogP) is 1.63. The summed E-state index contributed by atoms with van der Waals surface area (Å²) in [7, 11) is 1.41. The van der Waals surface area contributed by atoms with Crippen molar-refractivity contribution in [3.05, 3.63) is 33.1 Å². The van der Waals surface area contributed by atoms with Crippen molar-refractivity contribution in [2.45, 2.75) is 13.0 Å². The standard InChI is InChI=1S/C10H9ClN4O3/c1-6(4-12)14(2)10(16)8-3-7(15(17)18)5-13-9(8)11/h3,5-6H,1-2H3. The van der Waals surface area contributed by atoms with Gasteiger partial charge in [0.2, 0.25) is 0 Å². The Bertz CT molecular complexity index is 540. The minimum absolute atomic E-state index is 0.101. The summed E-state index contributed by atoms with van der Waals surface area (Å²) in [6.07, 6.45) is 0.965. The number of hydrogen-bond acceptors (Lipinski definition) is 5. The summed E-state index contributed by atoms with van der Waals surface area (Å²) in [5.41, 5.74) is -0.434. The van der Waals surface area contributed by atoms with E-state index in [-0.39, 0.29) is 16.4 Å². The quantitative estimate of drug-likeness (QED) is 0.471. The average molecular weight is 269 g/mol. The lowest BCUT2D eigenvalue weighted by molar-refractivity contribution is -0.385. The molecule has 7 nitrogen and oxygen atoms in total. The van der Waals surface area contributed by atoms with Crippen LogP contribution in [0.1, 0.15) is 17.3 Å². The Labute approximate surface area is 108 Å². The Morgan fingerprint density at radius 2 is 2.33 bits per heavy atom. The topological polar surface area (TPSA) is 100 Å². The second-order valence-corrected chi connectivity index (χ2v) is 3.87. The number of hydrogen-bond donors (Lipinski definition) is 0. The van der Waals surface area contributed by atoms with Gasteiger partial charge in [-0.05, 0) is 6.92 Å². The molecule has 18 heavy (non-hydrogen) atoms. The van der Waals surface area contributed by atoms with E-state index >= 15 is 0 Å². The van der Waals surface area contributed by atoms with Gasteiger partial charge in [0.1, 0.15) is 17.4 Å². The minimum Gasteiger partial charge on any atom is -0.326 e. The van der Waals surface area contributed by atoms with Gasteiger partial charge in [-0.25, -0.2) is 4.98 Å². The zero-order valence-electron chi connectivity index (χ0n) is 9.62. The number of nitrogens with zero attached hydrogens (tertiary/aromatic N) is 4. The Balaban J connectivity index is 3.17. The second-order valence-electron chi connectivity index (χ2n) is 3.51. The van der Waals surface area contributed by atoms with Crippen LogP contribution in [0.15, 0.2) is 12.3 Å². The highest BCUT2D eigenvalue weighted by Gasteiger charge is 2.22. The molecule has 0 spiro atoms. The lowest BCUT2D eigenvalue weighted by Gasteiger charge is -2.19. The first kappa shape index (κ1) is 13.9. The van der Waals surface area contributed by atoms with Gasteiger partial charge in [-0.3, -0.25) is 14.9 Å². The number of amides is 1. The highest BCUT2D eigenvalue weighted by molar-refractivity contribution is 6.32. The van der Waals surface area contributed by atoms with E-state index in [1.807, 2.05) is 6.07 Å². The van der Waals surface area contributed by atoms with Gasteiger partial charge in [0.05, 0.1) is 16.6 Å². The summed E-state index contributed by atoms with van der Waals surface area (Å²) in [6, 6.07) is 2.25. The summed E-state index contributed by atoms with van der Waals surface area (Å²) in [6.45, 7) is 1.52. The average Bonchev–Trinajstić information content (AvgIpc) is 2.36. The fourth-order valence-electron chi connectivity index (χ4n) is 1.14. The van der Waals surface area contributed by atoms with E-state index in [2.05, 4.69) is 4.98 Å². The normalized spacial score (nSPS) is 11.4. The molecule has 0 aliphatic rings. The first-order valence-corrected chi connectivity index (χ1v) is 5.23. The van der Waals surface area contributed by atoms with Crippen molar-refractivity contribution in [3.63, 3.8) is 0 Å². The Morgan fingerprint density at radius 3 is 2.83 bits per heavy atom. The predicted molar refractivity (Wildman–Crippen MR) is 63.1 cm³/mol. The summed E-state index contributed by atoms with van der Waals surface area (Å²) < 4.78 is 0. The van der Waals surface area contributed by atoms with Crippen molar-refractivity contribution in [2.24, 2.45) is 0 Å². The number of nitriles is 1. The van der Waals surface area contributed by atoms with E-state index in [4.69, 9.17) is 16.9 Å². The third-order valence-corrected chi connectivity index (χ3v) is 2.66. The summed E-state index contributed by atoms with van der Waals surface area (Å²) in [4.78, 5) is 26.6. The molecular formula is C10H9ClN4O3. The molecule has 94 valence electrons. The molecule has 0 saturated heterocycles. The monoisotopic (exact) mass is 268 g/mol. The summed E-state index contributed by atoms with van der Waals surface area (Å²) in [5, 5.41) is 19.2. The molecule has 1 rings (SSSR count). The zero-order valence-corrected chi connectivity index (χ0v) is 10.4. The van der Waals surface area contributed by atoms with Crippen LogP contribution in [-0.4, -0.2) is 33.8 Å². The molecular weight excluding hydrogens is 260 g/mol. The number of carbonyl (C=O) groups excluding carboxylic acids is 1. The molecule has 1 heterocycles. The van der Waals surface area contributed by atoms with Crippen LogP contribution in [-0.2, 0) is 0 Å². The fourth-order valence-corrected chi connectivity index (χ4v) is 1.32. The minimum atomic E-state index is -0.673. The third kappa shape index (κ3) is 2.73.